The first-order chi connectivity index (χ1) is 11.0. The van der Waals surface area contributed by atoms with Crippen LogP contribution in [0.5, 0.6) is 0 Å². The molecule has 1 N–H and O–H groups in total. The zero-order chi connectivity index (χ0) is 16.6. The van der Waals surface area contributed by atoms with E-state index in [1.165, 1.54) is 6.92 Å². The molecule has 0 aliphatic carbocycles. The van der Waals surface area contributed by atoms with Gasteiger partial charge in [-0.25, -0.2) is 4.79 Å². The van der Waals surface area contributed by atoms with E-state index in [0.717, 1.165) is 0 Å². The van der Waals surface area contributed by atoms with Gasteiger partial charge in [0.25, 0.3) is 6.29 Å². The van der Waals surface area contributed by atoms with Crippen LogP contribution in [0.25, 0.3) is 0 Å². The Kier molecular flexibility index (Phi) is 4.80. The Balaban J connectivity index is 1.61. The van der Waals surface area contributed by atoms with Crippen LogP contribution in [0.3, 0.4) is 0 Å². The number of fused-ring (bicyclic) bond motifs is 3. The Hall–Kier alpha value is -1.30. The monoisotopic (exact) mass is 334 g/mol. The minimum atomic E-state index is -1.36. The van der Waals surface area contributed by atoms with Crippen LogP contribution in [0.15, 0.2) is 0 Å². The van der Waals surface area contributed by atoms with E-state index < -0.39 is 62.0 Å². The first kappa shape index (κ1) is 16.6. The van der Waals surface area contributed by atoms with Crippen molar-refractivity contribution in [2.45, 2.75) is 57.1 Å². The highest BCUT2D eigenvalue weighted by molar-refractivity contribution is 5.73. The minimum Gasteiger partial charge on any atom is -0.428 e. The van der Waals surface area contributed by atoms with Gasteiger partial charge in [0, 0.05) is 6.92 Å². The third-order valence-electron chi connectivity index (χ3n) is 3.67. The lowest BCUT2D eigenvalue weighted by Crippen LogP contribution is -2.61. The van der Waals surface area contributed by atoms with Crippen LogP contribution in [0.2, 0.25) is 0 Å². The highest BCUT2D eigenvalue weighted by Gasteiger charge is 2.56. The standard InChI is InChI=1S/C13H18O10/c1-5(14)18-4-19-12(16)13-22-9-8-7(3-17-6(2)20-8)21-11(15)10(9)23-13/h6-11,13,15H,3-4H2,1-2H3. The molecule has 0 aromatic heterocycles. The van der Waals surface area contributed by atoms with Crippen molar-refractivity contribution in [1.29, 1.82) is 0 Å². The molecular weight excluding hydrogens is 316 g/mol. The lowest BCUT2D eigenvalue weighted by molar-refractivity contribution is -0.333. The van der Waals surface area contributed by atoms with Gasteiger partial charge < -0.3 is 38.3 Å². The Labute approximate surface area is 131 Å². The molecule has 130 valence electrons. The average molecular weight is 334 g/mol. The fourth-order valence-corrected chi connectivity index (χ4v) is 2.65. The van der Waals surface area contributed by atoms with E-state index in [1.807, 2.05) is 0 Å². The zero-order valence-electron chi connectivity index (χ0n) is 12.6. The van der Waals surface area contributed by atoms with Crippen molar-refractivity contribution in [3.05, 3.63) is 0 Å². The van der Waals surface area contributed by atoms with Gasteiger partial charge >= 0.3 is 11.9 Å². The molecule has 0 aromatic carbocycles. The zero-order valence-corrected chi connectivity index (χ0v) is 12.6. The second-order valence-corrected chi connectivity index (χ2v) is 5.32. The molecule has 0 aromatic rings. The van der Waals surface area contributed by atoms with E-state index in [4.69, 9.17) is 28.4 Å². The van der Waals surface area contributed by atoms with Gasteiger partial charge in [0.05, 0.1) is 6.61 Å². The van der Waals surface area contributed by atoms with Crippen molar-refractivity contribution < 1.29 is 47.9 Å². The molecule has 7 unspecified atom stereocenters. The number of carbonyl (C=O) groups is 2. The molecule has 3 fully saturated rings. The first-order valence-corrected chi connectivity index (χ1v) is 7.17. The number of ether oxygens (including phenoxy) is 7. The molecule has 10 nitrogen and oxygen atoms in total. The molecule has 3 aliphatic rings. The van der Waals surface area contributed by atoms with E-state index in [1.54, 1.807) is 6.92 Å². The number of aliphatic hydroxyl groups is 1. The van der Waals surface area contributed by atoms with E-state index in [-0.39, 0.29) is 6.61 Å². The maximum atomic E-state index is 11.8. The summed E-state index contributed by atoms with van der Waals surface area (Å²) in [6.45, 7) is 2.59. The van der Waals surface area contributed by atoms with Crippen LogP contribution in [-0.2, 0) is 42.7 Å². The van der Waals surface area contributed by atoms with Crippen LogP contribution in [0, 0.1) is 0 Å². The van der Waals surface area contributed by atoms with Crippen molar-refractivity contribution in [3.63, 3.8) is 0 Å². The molecule has 7 atom stereocenters. The highest BCUT2D eigenvalue weighted by Crippen LogP contribution is 2.36. The predicted octanol–water partition coefficient (Wildman–Crippen LogP) is -1.36. The third-order valence-corrected chi connectivity index (χ3v) is 3.67. The van der Waals surface area contributed by atoms with Crippen molar-refractivity contribution in [2.75, 3.05) is 13.4 Å². The number of rotatable bonds is 3. The Bertz CT molecular complexity index is 468. The average Bonchev–Trinajstić information content (AvgIpc) is 2.94. The number of carbonyl (C=O) groups excluding carboxylic acids is 2. The van der Waals surface area contributed by atoms with Crippen LogP contribution in [0.4, 0.5) is 0 Å². The Morgan fingerprint density at radius 2 is 1.83 bits per heavy atom. The molecular formula is C13H18O10. The summed E-state index contributed by atoms with van der Waals surface area (Å²) in [5.74, 6) is -1.46. The molecule has 0 saturated carbocycles. The number of hydrogen-bond donors (Lipinski definition) is 1. The third kappa shape index (κ3) is 3.47. The van der Waals surface area contributed by atoms with E-state index >= 15 is 0 Å². The maximum Gasteiger partial charge on any atom is 0.366 e. The second-order valence-electron chi connectivity index (χ2n) is 5.32. The van der Waals surface area contributed by atoms with Gasteiger partial charge in [-0.2, -0.15) is 0 Å². The molecule has 0 bridgehead atoms. The molecule has 23 heavy (non-hydrogen) atoms. The lowest BCUT2D eigenvalue weighted by Gasteiger charge is -2.44. The molecule has 3 saturated heterocycles. The van der Waals surface area contributed by atoms with Crippen molar-refractivity contribution in [3.8, 4) is 0 Å². The number of aliphatic hydroxyl groups excluding tert-OH is 1. The maximum absolute atomic E-state index is 11.8. The van der Waals surface area contributed by atoms with Gasteiger partial charge in [-0.3, -0.25) is 4.79 Å². The van der Waals surface area contributed by atoms with E-state index in [0.29, 0.717) is 0 Å². The minimum absolute atomic E-state index is 0.233. The van der Waals surface area contributed by atoms with E-state index in [2.05, 4.69) is 4.74 Å². The summed E-state index contributed by atoms with van der Waals surface area (Å²) in [6.07, 6.45) is -5.78. The first-order valence-electron chi connectivity index (χ1n) is 7.17. The molecule has 0 amide bonds. The highest BCUT2D eigenvalue weighted by atomic mass is 16.8. The smallest absolute Gasteiger partial charge is 0.366 e. The fraction of sp³-hybridized carbons (Fsp3) is 0.846. The van der Waals surface area contributed by atoms with Crippen molar-refractivity contribution >= 4 is 11.9 Å². The summed E-state index contributed by atoms with van der Waals surface area (Å²) >= 11 is 0. The summed E-state index contributed by atoms with van der Waals surface area (Å²) in [5, 5.41) is 9.97. The quantitative estimate of drug-likeness (QED) is 0.489. The molecule has 3 heterocycles. The normalized spacial score (nSPS) is 42.5. The summed E-state index contributed by atoms with van der Waals surface area (Å²) < 4.78 is 36.4. The molecule has 3 rings (SSSR count). The summed E-state index contributed by atoms with van der Waals surface area (Å²) in [6, 6.07) is 0. The van der Waals surface area contributed by atoms with Gasteiger partial charge in [-0.05, 0) is 6.92 Å². The van der Waals surface area contributed by atoms with E-state index in [9.17, 15) is 14.7 Å². The largest absolute Gasteiger partial charge is 0.428 e. The number of hydrogen-bond acceptors (Lipinski definition) is 10. The topological polar surface area (TPSA) is 119 Å². The van der Waals surface area contributed by atoms with Crippen LogP contribution >= 0.6 is 0 Å². The van der Waals surface area contributed by atoms with Gasteiger partial charge in [0.1, 0.15) is 24.4 Å². The van der Waals surface area contributed by atoms with Crippen LogP contribution in [-0.4, -0.2) is 73.7 Å². The molecule has 3 aliphatic heterocycles. The fourth-order valence-electron chi connectivity index (χ4n) is 2.65. The Morgan fingerprint density at radius 1 is 1.09 bits per heavy atom. The van der Waals surface area contributed by atoms with Gasteiger partial charge in [-0.1, -0.05) is 0 Å². The van der Waals surface area contributed by atoms with Crippen LogP contribution in [0.1, 0.15) is 13.8 Å². The summed E-state index contributed by atoms with van der Waals surface area (Å²) in [4.78, 5) is 22.5. The molecule has 10 heteroatoms. The summed E-state index contributed by atoms with van der Waals surface area (Å²) in [7, 11) is 0. The second kappa shape index (κ2) is 6.67. The number of esters is 2. The van der Waals surface area contributed by atoms with Crippen molar-refractivity contribution in [1.82, 2.24) is 0 Å². The SMILES string of the molecule is CC(=O)OCOC(=O)C1OC2C(O)OC3COC(C)OC3C2O1. The predicted molar refractivity (Wildman–Crippen MR) is 67.4 cm³/mol. The summed E-state index contributed by atoms with van der Waals surface area (Å²) in [5.41, 5.74) is 0. The molecule has 0 spiro atoms. The molecule has 0 radical (unpaired) electrons. The lowest BCUT2D eigenvalue weighted by atomic mass is 9.98. The van der Waals surface area contributed by atoms with Crippen molar-refractivity contribution in [2.24, 2.45) is 0 Å². The van der Waals surface area contributed by atoms with Gasteiger partial charge in [0.2, 0.25) is 6.79 Å². The Morgan fingerprint density at radius 3 is 2.57 bits per heavy atom. The van der Waals surface area contributed by atoms with Gasteiger partial charge in [0.15, 0.2) is 12.6 Å². The van der Waals surface area contributed by atoms with Crippen LogP contribution < -0.4 is 0 Å². The van der Waals surface area contributed by atoms with Gasteiger partial charge in [-0.15, -0.1) is 0 Å².